The summed E-state index contributed by atoms with van der Waals surface area (Å²) in [7, 11) is 0. The highest BCUT2D eigenvalue weighted by Gasteiger charge is 2.30. The molecular formula is C24H31N5OS. The Balaban J connectivity index is 1.49. The molecule has 0 saturated carbocycles. The Morgan fingerprint density at radius 1 is 1.16 bits per heavy atom. The van der Waals surface area contributed by atoms with Gasteiger partial charge in [-0.3, -0.25) is 0 Å². The zero-order valence-electron chi connectivity index (χ0n) is 18.5. The smallest absolute Gasteiger partial charge is 0.182 e. The van der Waals surface area contributed by atoms with Crippen molar-refractivity contribution in [1.82, 2.24) is 19.7 Å². The lowest BCUT2D eigenvalue weighted by atomic mass is 9.78. The predicted molar refractivity (Wildman–Crippen MR) is 125 cm³/mol. The van der Waals surface area contributed by atoms with Crippen molar-refractivity contribution in [2.75, 3.05) is 24.6 Å². The second kappa shape index (κ2) is 8.79. The average molecular weight is 438 g/mol. The number of benzene rings is 1. The molecule has 164 valence electrons. The molecule has 4 heterocycles. The second-order valence-electron chi connectivity index (χ2n) is 9.04. The molecule has 2 saturated heterocycles. The van der Waals surface area contributed by atoms with Gasteiger partial charge in [0.25, 0.3) is 0 Å². The van der Waals surface area contributed by atoms with Crippen LogP contribution in [0.3, 0.4) is 0 Å². The van der Waals surface area contributed by atoms with Crippen LogP contribution in [0.5, 0.6) is 0 Å². The Hall–Kier alpha value is -2.12. The van der Waals surface area contributed by atoms with Crippen LogP contribution in [0.15, 0.2) is 46.5 Å². The number of rotatable bonds is 5. The van der Waals surface area contributed by atoms with Crippen molar-refractivity contribution < 1.29 is 4.74 Å². The molecule has 2 aliphatic heterocycles. The van der Waals surface area contributed by atoms with E-state index in [1.54, 1.807) is 11.8 Å². The lowest BCUT2D eigenvalue weighted by Gasteiger charge is -2.39. The van der Waals surface area contributed by atoms with E-state index in [-0.39, 0.29) is 6.23 Å². The number of nitrogens with zero attached hydrogens (tertiary/aromatic N) is 5. The van der Waals surface area contributed by atoms with Gasteiger partial charge in [-0.2, -0.15) is 5.10 Å². The first-order valence-corrected chi connectivity index (χ1v) is 12.3. The van der Waals surface area contributed by atoms with Crippen molar-refractivity contribution >= 4 is 28.7 Å². The molecule has 0 aliphatic carbocycles. The Morgan fingerprint density at radius 3 is 2.68 bits per heavy atom. The normalized spacial score (nSPS) is 21.5. The highest BCUT2D eigenvalue weighted by atomic mass is 32.2. The lowest BCUT2D eigenvalue weighted by Crippen LogP contribution is -2.38. The summed E-state index contributed by atoms with van der Waals surface area (Å²) in [5, 5.41) is 5.84. The van der Waals surface area contributed by atoms with Crippen molar-refractivity contribution in [3.8, 4) is 0 Å². The third kappa shape index (κ3) is 4.30. The summed E-state index contributed by atoms with van der Waals surface area (Å²) in [6, 6.07) is 10.3. The van der Waals surface area contributed by atoms with Crippen molar-refractivity contribution in [3.05, 3.63) is 36.5 Å². The molecule has 1 unspecified atom stereocenters. The molecular weight excluding hydrogens is 406 g/mol. The maximum Gasteiger partial charge on any atom is 0.182 e. The number of hydrogen-bond donors (Lipinski definition) is 0. The summed E-state index contributed by atoms with van der Waals surface area (Å²) in [6.07, 6.45) is 8.74. The zero-order chi connectivity index (χ0) is 21.3. The van der Waals surface area contributed by atoms with E-state index in [9.17, 15) is 0 Å². The average Bonchev–Trinajstić information content (AvgIpc) is 3.18. The van der Waals surface area contributed by atoms with E-state index in [2.05, 4.69) is 43.0 Å². The van der Waals surface area contributed by atoms with Gasteiger partial charge in [-0.15, -0.1) is 0 Å². The minimum Gasteiger partial charge on any atom is -0.356 e. The lowest BCUT2D eigenvalue weighted by molar-refractivity contribution is -0.0376. The van der Waals surface area contributed by atoms with E-state index < -0.39 is 0 Å². The molecule has 5 rings (SSSR count). The quantitative estimate of drug-likeness (QED) is 0.511. The molecule has 3 aromatic rings. The van der Waals surface area contributed by atoms with Gasteiger partial charge in [0.15, 0.2) is 16.9 Å². The second-order valence-corrected chi connectivity index (χ2v) is 10.1. The van der Waals surface area contributed by atoms with Crippen LogP contribution in [-0.2, 0) is 4.74 Å². The molecule has 0 radical (unpaired) electrons. The SMILES string of the molecule is CCC1(C)CCN(c2cnc3c(Sc4ccccc4)nn(C4CCCCO4)c3n2)CC1. The molecule has 0 spiro atoms. The van der Waals surface area contributed by atoms with Crippen LogP contribution in [-0.4, -0.2) is 39.4 Å². The molecule has 31 heavy (non-hydrogen) atoms. The summed E-state index contributed by atoms with van der Waals surface area (Å²) < 4.78 is 8.06. The topological polar surface area (TPSA) is 56.1 Å². The van der Waals surface area contributed by atoms with Crippen molar-refractivity contribution in [1.29, 1.82) is 0 Å². The first-order valence-electron chi connectivity index (χ1n) is 11.5. The van der Waals surface area contributed by atoms with Gasteiger partial charge >= 0.3 is 0 Å². The standard InChI is InChI=1S/C24H31N5OS/c1-3-24(2)12-14-28(15-13-24)19-17-25-21-22(26-19)29(20-11-7-8-16-30-20)27-23(21)31-18-9-5-4-6-10-18/h4-6,9-10,17,20H,3,7-8,11-16H2,1-2H3. The van der Waals surface area contributed by atoms with Crippen LogP contribution >= 0.6 is 11.8 Å². The third-order valence-corrected chi connectivity index (χ3v) is 7.87. The molecule has 1 atom stereocenters. The molecule has 0 N–H and O–H groups in total. The van der Waals surface area contributed by atoms with E-state index in [0.29, 0.717) is 5.41 Å². The molecule has 2 aliphatic rings. The minimum atomic E-state index is -0.0596. The fourth-order valence-electron chi connectivity index (χ4n) is 4.44. The Labute approximate surface area is 188 Å². The maximum atomic E-state index is 6.07. The molecule has 7 heteroatoms. The minimum absolute atomic E-state index is 0.0596. The molecule has 0 amide bonds. The Morgan fingerprint density at radius 2 is 1.97 bits per heavy atom. The number of fused-ring (bicyclic) bond motifs is 1. The third-order valence-electron chi connectivity index (χ3n) is 6.89. The van der Waals surface area contributed by atoms with Crippen LogP contribution in [0.2, 0.25) is 0 Å². The fraction of sp³-hybridized carbons (Fsp3) is 0.542. The van der Waals surface area contributed by atoms with Gasteiger partial charge in [-0.05, 0) is 49.7 Å². The summed E-state index contributed by atoms with van der Waals surface area (Å²) in [4.78, 5) is 13.5. The van der Waals surface area contributed by atoms with Crippen LogP contribution in [0.4, 0.5) is 5.82 Å². The molecule has 1 aromatic carbocycles. The fourth-order valence-corrected chi connectivity index (χ4v) is 5.33. The van der Waals surface area contributed by atoms with Gasteiger partial charge in [0.05, 0.1) is 6.20 Å². The summed E-state index contributed by atoms with van der Waals surface area (Å²) in [5.74, 6) is 0.957. The van der Waals surface area contributed by atoms with E-state index in [4.69, 9.17) is 19.8 Å². The van der Waals surface area contributed by atoms with Crippen LogP contribution in [0.1, 0.15) is 58.6 Å². The number of anilines is 1. The van der Waals surface area contributed by atoms with Crippen molar-refractivity contribution in [3.63, 3.8) is 0 Å². The summed E-state index contributed by atoms with van der Waals surface area (Å²) in [6.45, 7) is 7.55. The van der Waals surface area contributed by atoms with E-state index >= 15 is 0 Å². The van der Waals surface area contributed by atoms with Gasteiger partial charge in [0, 0.05) is 24.6 Å². The monoisotopic (exact) mass is 437 g/mol. The summed E-state index contributed by atoms with van der Waals surface area (Å²) in [5.41, 5.74) is 2.15. The van der Waals surface area contributed by atoms with Gasteiger partial charge in [0.1, 0.15) is 11.3 Å². The Bertz CT molecular complexity index is 1020. The molecule has 2 aromatic heterocycles. The van der Waals surface area contributed by atoms with Gasteiger partial charge < -0.3 is 9.64 Å². The number of piperidine rings is 1. The number of ether oxygens (including phenoxy) is 1. The number of hydrogen-bond acceptors (Lipinski definition) is 6. The van der Waals surface area contributed by atoms with E-state index in [0.717, 1.165) is 65.9 Å². The van der Waals surface area contributed by atoms with Gasteiger partial charge in [0.2, 0.25) is 0 Å². The maximum absolute atomic E-state index is 6.07. The first kappa shape index (κ1) is 20.8. The van der Waals surface area contributed by atoms with Gasteiger partial charge in [-0.1, -0.05) is 50.2 Å². The predicted octanol–water partition coefficient (Wildman–Crippen LogP) is 5.69. The zero-order valence-corrected chi connectivity index (χ0v) is 19.3. The molecule has 6 nitrogen and oxygen atoms in total. The molecule has 0 bridgehead atoms. The van der Waals surface area contributed by atoms with Crippen LogP contribution in [0.25, 0.3) is 11.2 Å². The van der Waals surface area contributed by atoms with E-state index in [1.165, 1.54) is 19.3 Å². The highest BCUT2D eigenvalue weighted by Crippen LogP contribution is 2.37. The van der Waals surface area contributed by atoms with Gasteiger partial charge in [-0.25, -0.2) is 14.6 Å². The van der Waals surface area contributed by atoms with Crippen LogP contribution in [0, 0.1) is 5.41 Å². The van der Waals surface area contributed by atoms with Crippen molar-refractivity contribution in [2.45, 2.75) is 68.5 Å². The summed E-state index contributed by atoms with van der Waals surface area (Å²) >= 11 is 1.64. The van der Waals surface area contributed by atoms with Crippen molar-refractivity contribution in [2.24, 2.45) is 5.41 Å². The Kier molecular flexibility index (Phi) is 5.89. The number of aromatic nitrogens is 4. The molecule has 2 fully saturated rings. The first-order chi connectivity index (χ1) is 15.1. The van der Waals surface area contributed by atoms with Crippen LogP contribution < -0.4 is 4.90 Å². The highest BCUT2D eigenvalue weighted by molar-refractivity contribution is 7.99. The van der Waals surface area contributed by atoms with E-state index in [1.807, 2.05) is 16.9 Å². The largest absolute Gasteiger partial charge is 0.356 e.